The summed E-state index contributed by atoms with van der Waals surface area (Å²) in [4.78, 5) is 16.0. The molecule has 1 amide bonds. The number of thiazole rings is 1. The van der Waals surface area contributed by atoms with Crippen molar-refractivity contribution in [3.63, 3.8) is 0 Å². The van der Waals surface area contributed by atoms with Crippen molar-refractivity contribution in [1.82, 2.24) is 10.3 Å². The number of hydrogen-bond donors (Lipinski definition) is 2. The molecule has 94 valence electrons. The van der Waals surface area contributed by atoms with Gasteiger partial charge in [-0.2, -0.15) is 0 Å². The third-order valence-electron chi connectivity index (χ3n) is 2.41. The Kier molecular flexibility index (Phi) is 4.44. The molecule has 0 saturated heterocycles. The van der Waals surface area contributed by atoms with E-state index in [4.69, 9.17) is 5.73 Å². The Labute approximate surface area is 110 Å². The molecule has 0 aliphatic heterocycles. The zero-order chi connectivity index (χ0) is 12.8. The summed E-state index contributed by atoms with van der Waals surface area (Å²) in [5.41, 5.74) is 7.00. The smallest absolute Gasteiger partial charge is 0.270 e. The molecule has 18 heavy (non-hydrogen) atoms. The molecule has 2 rings (SSSR count). The Morgan fingerprint density at radius 3 is 2.83 bits per heavy atom. The maximum Gasteiger partial charge on any atom is 0.270 e. The molecule has 0 radical (unpaired) electrons. The Balaban J connectivity index is 2.00. The van der Waals surface area contributed by atoms with Gasteiger partial charge in [0.15, 0.2) is 0 Å². The molecule has 1 aromatic heterocycles. The predicted octanol–water partition coefficient (Wildman–Crippen LogP) is 1.42. The average molecular weight is 261 g/mol. The number of benzene rings is 1. The monoisotopic (exact) mass is 261 g/mol. The predicted molar refractivity (Wildman–Crippen MR) is 72.7 cm³/mol. The second-order valence-corrected chi connectivity index (χ2v) is 4.78. The molecule has 0 fully saturated rings. The van der Waals surface area contributed by atoms with E-state index in [1.807, 2.05) is 18.2 Å². The first-order valence-electron chi connectivity index (χ1n) is 5.76. The lowest BCUT2D eigenvalue weighted by Crippen LogP contribution is -2.29. The highest BCUT2D eigenvalue weighted by Crippen LogP contribution is 2.14. The Morgan fingerprint density at radius 1 is 1.33 bits per heavy atom. The summed E-state index contributed by atoms with van der Waals surface area (Å²) in [6.07, 6.45) is 0.760. The van der Waals surface area contributed by atoms with Crippen LogP contribution in [-0.2, 0) is 6.42 Å². The van der Waals surface area contributed by atoms with Gasteiger partial charge in [-0.15, -0.1) is 11.3 Å². The molecule has 1 heterocycles. The zero-order valence-electron chi connectivity index (χ0n) is 9.93. The molecule has 0 aliphatic carbocycles. The van der Waals surface area contributed by atoms with Crippen LogP contribution in [0.25, 0.3) is 0 Å². The lowest BCUT2D eigenvalue weighted by atomic mass is 10.2. The van der Waals surface area contributed by atoms with Gasteiger partial charge in [0.05, 0.1) is 5.01 Å². The molecule has 0 atom stereocenters. The average Bonchev–Trinajstić information content (AvgIpc) is 2.86. The summed E-state index contributed by atoms with van der Waals surface area (Å²) in [5.74, 6) is -0.156. The van der Waals surface area contributed by atoms with Gasteiger partial charge in [0.1, 0.15) is 5.69 Å². The Hall–Kier alpha value is -1.72. The molecule has 0 spiro atoms. The van der Waals surface area contributed by atoms with Gasteiger partial charge in [-0.3, -0.25) is 4.79 Å². The summed E-state index contributed by atoms with van der Waals surface area (Å²) in [7, 11) is 0. The van der Waals surface area contributed by atoms with Gasteiger partial charge in [-0.1, -0.05) is 30.3 Å². The number of hydrogen-bond acceptors (Lipinski definition) is 4. The van der Waals surface area contributed by atoms with Crippen molar-refractivity contribution in [1.29, 1.82) is 0 Å². The number of carbonyl (C=O) groups excluding carboxylic acids is 1. The van der Waals surface area contributed by atoms with E-state index in [0.29, 0.717) is 18.8 Å². The van der Waals surface area contributed by atoms with E-state index in [1.165, 1.54) is 16.9 Å². The van der Waals surface area contributed by atoms with Gasteiger partial charge in [0.2, 0.25) is 0 Å². The van der Waals surface area contributed by atoms with Crippen LogP contribution in [0.4, 0.5) is 0 Å². The number of aromatic nitrogens is 1. The van der Waals surface area contributed by atoms with Gasteiger partial charge in [0, 0.05) is 24.9 Å². The largest absolute Gasteiger partial charge is 0.349 e. The quantitative estimate of drug-likeness (QED) is 0.855. The van der Waals surface area contributed by atoms with Crippen molar-refractivity contribution in [2.24, 2.45) is 5.73 Å². The molecule has 2 aromatic rings. The fourth-order valence-corrected chi connectivity index (χ4v) is 2.35. The van der Waals surface area contributed by atoms with Crippen LogP contribution in [0.5, 0.6) is 0 Å². The number of nitrogens with two attached hydrogens (primary N) is 1. The minimum Gasteiger partial charge on any atom is -0.349 e. The van der Waals surface area contributed by atoms with Gasteiger partial charge in [0.25, 0.3) is 5.91 Å². The first-order valence-corrected chi connectivity index (χ1v) is 6.64. The molecule has 1 aromatic carbocycles. The van der Waals surface area contributed by atoms with Crippen molar-refractivity contribution < 1.29 is 4.79 Å². The van der Waals surface area contributed by atoms with Gasteiger partial charge >= 0.3 is 0 Å². The van der Waals surface area contributed by atoms with Crippen molar-refractivity contribution in [3.05, 3.63) is 52.0 Å². The molecule has 4 nitrogen and oxygen atoms in total. The summed E-state index contributed by atoms with van der Waals surface area (Å²) in [6, 6.07) is 10.1. The topological polar surface area (TPSA) is 68.0 Å². The van der Waals surface area contributed by atoms with Crippen LogP contribution >= 0.6 is 11.3 Å². The second kappa shape index (κ2) is 6.28. The second-order valence-electron chi connectivity index (χ2n) is 3.83. The number of nitrogens with one attached hydrogen (secondary N) is 1. The molecule has 0 saturated carbocycles. The number of carbonyl (C=O) groups is 1. The minimum absolute atomic E-state index is 0.156. The van der Waals surface area contributed by atoms with E-state index in [9.17, 15) is 4.79 Å². The van der Waals surface area contributed by atoms with Crippen molar-refractivity contribution >= 4 is 17.2 Å². The lowest BCUT2D eigenvalue weighted by molar-refractivity contribution is 0.0950. The van der Waals surface area contributed by atoms with E-state index in [0.717, 1.165) is 11.4 Å². The molecule has 0 aliphatic rings. The highest BCUT2D eigenvalue weighted by Gasteiger charge is 2.09. The summed E-state index contributed by atoms with van der Waals surface area (Å²) < 4.78 is 0. The van der Waals surface area contributed by atoms with Gasteiger partial charge in [-0.05, 0) is 5.56 Å². The number of rotatable bonds is 5. The van der Waals surface area contributed by atoms with E-state index in [-0.39, 0.29) is 5.91 Å². The SMILES string of the molecule is NCCNC(=O)c1csc(Cc2ccccc2)n1. The molecule has 3 N–H and O–H groups in total. The van der Waals surface area contributed by atoms with Crippen molar-refractivity contribution in [2.75, 3.05) is 13.1 Å². The number of amides is 1. The fourth-order valence-electron chi connectivity index (χ4n) is 1.54. The Morgan fingerprint density at radius 2 is 2.11 bits per heavy atom. The maximum atomic E-state index is 11.6. The van der Waals surface area contributed by atoms with Crippen LogP contribution in [-0.4, -0.2) is 24.0 Å². The van der Waals surface area contributed by atoms with E-state index in [2.05, 4.69) is 22.4 Å². The third-order valence-corrected chi connectivity index (χ3v) is 3.26. The molecular weight excluding hydrogens is 246 g/mol. The van der Waals surface area contributed by atoms with E-state index in [1.54, 1.807) is 5.38 Å². The highest BCUT2D eigenvalue weighted by atomic mass is 32.1. The van der Waals surface area contributed by atoms with Gasteiger partial charge in [-0.25, -0.2) is 4.98 Å². The first kappa shape index (κ1) is 12.7. The fraction of sp³-hybridized carbons (Fsp3) is 0.231. The minimum atomic E-state index is -0.156. The van der Waals surface area contributed by atoms with Crippen molar-refractivity contribution in [2.45, 2.75) is 6.42 Å². The highest BCUT2D eigenvalue weighted by molar-refractivity contribution is 7.09. The van der Waals surface area contributed by atoms with Crippen molar-refractivity contribution in [3.8, 4) is 0 Å². The number of nitrogens with zero attached hydrogens (tertiary/aromatic N) is 1. The summed E-state index contributed by atoms with van der Waals surface area (Å²) in [5, 5.41) is 5.43. The molecular formula is C13H15N3OS. The first-order chi connectivity index (χ1) is 8.79. The molecule has 5 heteroatoms. The molecule has 0 bridgehead atoms. The normalized spacial score (nSPS) is 10.3. The zero-order valence-corrected chi connectivity index (χ0v) is 10.7. The van der Waals surface area contributed by atoms with Gasteiger partial charge < -0.3 is 11.1 Å². The van der Waals surface area contributed by atoms with Crippen LogP contribution in [0, 0.1) is 0 Å². The summed E-state index contributed by atoms with van der Waals surface area (Å²) in [6.45, 7) is 0.914. The van der Waals surface area contributed by atoms with Crippen LogP contribution in [0.2, 0.25) is 0 Å². The third kappa shape index (κ3) is 3.38. The standard InChI is InChI=1S/C13H15N3OS/c14-6-7-15-13(17)11-9-18-12(16-11)8-10-4-2-1-3-5-10/h1-5,9H,6-8,14H2,(H,15,17). The summed E-state index contributed by atoms with van der Waals surface area (Å²) >= 11 is 1.50. The molecule has 0 unspecified atom stereocenters. The van der Waals surface area contributed by atoms with Crippen LogP contribution in [0.15, 0.2) is 35.7 Å². The van der Waals surface area contributed by atoms with E-state index >= 15 is 0 Å². The lowest BCUT2D eigenvalue weighted by Gasteiger charge is -1.99. The van der Waals surface area contributed by atoms with E-state index < -0.39 is 0 Å². The van der Waals surface area contributed by atoms with Crippen LogP contribution < -0.4 is 11.1 Å². The Bertz CT molecular complexity index is 510. The van der Waals surface area contributed by atoms with Crippen LogP contribution in [0.3, 0.4) is 0 Å². The maximum absolute atomic E-state index is 11.6. The van der Waals surface area contributed by atoms with Crippen LogP contribution in [0.1, 0.15) is 21.1 Å².